The van der Waals surface area contributed by atoms with E-state index in [9.17, 15) is 14.4 Å². The third-order valence-electron chi connectivity index (χ3n) is 7.85. The second-order valence-corrected chi connectivity index (χ2v) is 10.9. The molecule has 5 rings (SSSR count). The van der Waals surface area contributed by atoms with Crippen LogP contribution in [0.3, 0.4) is 0 Å². The zero-order chi connectivity index (χ0) is 31.4. The molecule has 0 bridgehead atoms. The molecule has 1 saturated heterocycles. The standard InChI is InChI=1S/C36H38N4O5/c1-44-36(43)40-33(32(26-14-5-2-6-15-26)27-16-7-3-8-17-27)35(42)39-30-20-12-11-13-25(30)21-22-29-23-37-31(24-45-29)34(41)38-28-18-9-4-10-19-28/h2-20,29,31-33,37H,21-24H2,1H3,(H,38,41)(H,39,42)(H,40,43)/t29-,31+,33?/m1/s1. The van der Waals surface area contributed by atoms with Crippen LogP contribution in [-0.4, -0.2) is 56.4 Å². The Morgan fingerprint density at radius 3 is 2.02 bits per heavy atom. The Kier molecular flexibility index (Phi) is 10.9. The van der Waals surface area contributed by atoms with Gasteiger partial charge in [-0.15, -0.1) is 0 Å². The third kappa shape index (κ3) is 8.56. The Hall–Kier alpha value is -4.99. The number of carbonyl (C=O) groups is 3. The molecule has 1 aliphatic rings. The number of rotatable bonds is 11. The first-order valence-corrected chi connectivity index (χ1v) is 15.1. The molecule has 0 aliphatic carbocycles. The maximum absolute atomic E-state index is 14.0. The van der Waals surface area contributed by atoms with Crippen molar-refractivity contribution >= 4 is 29.3 Å². The predicted octanol–water partition coefficient (Wildman–Crippen LogP) is 5.11. The molecular weight excluding hydrogens is 568 g/mol. The lowest BCUT2D eigenvalue weighted by atomic mass is 9.84. The van der Waals surface area contributed by atoms with Gasteiger partial charge >= 0.3 is 6.09 Å². The molecule has 0 aromatic heterocycles. The molecule has 9 nitrogen and oxygen atoms in total. The molecule has 45 heavy (non-hydrogen) atoms. The monoisotopic (exact) mass is 606 g/mol. The number of benzene rings is 4. The van der Waals surface area contributed by atoms with E-state index < -0.39 is 24.1 Å². The van der Waals surface area contributed by atoms with Crippen LogP contribution in [0.5, 0.6) is 0 Å². The number of morpholine rings is 1. The van der Waals surface area contributed by atoms with E-state index in [0.717, 1.165) is 22.4 Å². The van der Waals surface area contributed by atoms with Crippen LogP contribution in [0, 0.1) is 0 Å². The van der Waals surface area contributed by atoms with Gasteiger partial charge in [0.1, 0.15) is 12.1 Å². The smallest absolute Gasteiger partial charge is 0.407 e. The van der Waals surface area contributed by atoms with Crippen LogP contribution in [0.2, 0.25) is 0 Å². The molecular formula is C36H38N4O5. The van der Waals surface area contributed by atoms with Crippen LogP contribution >= 0.6 is 0 Å². The molecule has 4 N–H and O–H groups in total. The van der Waals surface area contributed by atoms with Gasteiger partial charge in [0.2, 0.25) is 11.8 Å². The van der Waals surface area contributed by atoms with Crippen LogP contribution < -0.4 is 21.3 Å². The lowest BCUT2D eigenvalue weighted by Gasteiger charge is -2.30. The lowest BCUT2D eigenvalue weighted by molar-refractivity contribution is -0.122. The Morgan fingerprint density at radius 1 is 0.822 bits per heavy atom. The van der Waals surface area contributed by atoms with Crippen molar-refractivity contribution in [2.75, 3.05) is 30.9 Å². The molecule has 0 spiro atoms. The van der Waals surface area contributed by atoms with Crippen molar-refractivity contribution in [1.29, 1.82) is 0 Å². The highest BCUT2D eigenvalue weighted by molar-refractivity contribution is 5.98. The first-order chi connectivity index (χ1) is 22.0. The first-order valence-electron chi connectivity index (χ1n) is 15.1. The maximum Gasteiger partial charge on any atom is 0.407 e. The molecule has 1 unspecified atom stereocenters. The van der Waals surface area contributed by atoms with Crippen molar-refractivity contribution in [2.45, 2.75) is 36.9 Å². The first kappa shape index (κ1) is 31.4. The van der Waals surface area contributed by atoms with E-state index in [4.69, 9.17) is 9.47 Å². The molecule has 4 aromatic rings. The molecule has 1 fully saturated rings. The third-order valence-corrected chi connectivity index (χ3v) is 7.85. The van der Waals surface area contributed by atoms with Gasteiger partial charge in [-0.25, -0.2) is 4.79 Å². The fourth-order valence-corrected chi connectivity index (χ4v) is 5.50. The molecule has 4 aromatic carbocycles. The molecule has 3 atom stereocenters. The minimum atomic E-state index is -0.958. The highest BCUT2D eigenvalue weighted by atomic mass is 16.5. The second-order valence-electron chi connectivity index (χ2n) is 10.9. The number of nitrogens with one attached hydrogen (secondary N) is 4. The van der Waals surface area contributed by atoms with Gasteiger partial charge in [0.25, 0.3) is 0 Å². The fourth-order valence-electron chi connectivity index (χ4n) is 5.50. The number of amides is 3. The van der Waals surface area contributed by atoms with E-state index in [0.29, 0.717) is 25.1 Å². The Bertz CT molecular complexity index is 1500. The molecule has 0 radical (unpaired) electrons. The second kappa shape index (κ2) is 15.7. The van der Waals surface area contributed by atoms with Crippen LogP contribution in [-0.2, 0) is 25.5 Å². The summed E-state index contributed by atoms with van der Waals surface area (Å²) in [5, 5.41) is 12.1. The van der Waals surface area contributed by atoms with Crippen molar-refractivity contribution in [3.8, 4) is 0 Å². The van der Waals surface area contributed by atoms with Gasteiger partial charge < -0.3 is 30.7 Å². The topological polar surface area (TPSA) is 118 Å². The summed E-state index contributed by atoms with van der Waals surface area (Å²) in [5.41, 5.74) is 4.10. The minimum Gasteiger partial charge on any atom is -0.453 e. The van der Waals surface area contributed by atoms with E-state index in [1.54, 1.807) is 0 Å². The highest BCUT2D eigenvalue weighted by Crippen LogP contribution is 2.30. The zero-order valence-electron chi connectivity index (χ0n) is 25.1. The number of alkyl carbamates (subject to hydrolysis) is 1. The summed E-state index contributed by atoms with van der Waals surface area (Å²) in [6.45, 7) is 0.797. The van der Waals surface area contributed by atoms with Crippen LogP contribution in [0.25, 0.3) is 0 Å². The van der Waals surface area contributed by atoms with Crippen LogP contribution in [0.1, 0.15) is 29.0 Å². The van der Waals surface area contributed by atoms with Gasteiger partial charge in [-0.1, -0.05) is 97.1 Å². The summed E-state index contributed by atoms with van der Waals surface area (Å²) in [7, 11) is 1.28. The lowest BCUT2D eigenvalue weighted by Crippen LogP contribution is -2.52. The normalized spacial score (nSPS) is 16.8. The minimum absolute atomic E-state index is 0.0937. The number of aryl methyl sites for hydroxylation is 1. The average molecular weight is 607 g/mol. The number of ether oxygens (including phenoxy) is 2. The molecule has 1 aliphatic heterocycles. The number of para-hydroxylation sites is 2. The maximum atomic E-state index is 14.0. The van der Waals surface area contributed by atoms with Crippen molar-refractivity contribution in [3.05, 3.63) is 132 Å². The Morgan fingerprint density at radius 2 is 1.42 bits per heavy atom. The summed E-state index contributed by atoms with van der Waals surface area (Å²) >= 11 is 0. The van der Waals surface area contributed by atoms with E-state index in [-0.39, 0.29) is 24.5 Å². The Labute approximate surface area is 263 Å². The number of anilines is 2. The van der Waals surface area contributed by atoms with Crippen LogP contribution in [0.15, 0.2) is 115 Å². The molecule has 9 heteroatoms. The number of hydrogen-bond acceptors (Lipinski definition) is 6. The van der Waals surface area contributed by atoms with Gasteiger partial charge in [0.15, 0.2) is 0 Å². The van der Waals surface area contributed by atoms with Crippen LogP contribution in [0.4, 0.5) is 16.2 Å². The molecule has 3 amide bonds. The fraction of sp³-hybridized carbons (Fsp3) is 0.250. The van der Waals surface area contributed by atoms with Crippen molar-refractivity contribution in [3.63, 3.8) is 0 Å². The molecule has 0 saturated carbocycles. The largest absolute Gasteiger partial charge is 0.453 e. The molecule has 1 heterocycles. The number of hydrogen-bond donors (Lipinski definition) is 4. The van der Waals surface area contributed by atoms with E-state index in [1.165, 1.54) is 7.11 Å². The van der Waals surface area contributed by atoms with Gasteiger partial charge in [0, 0.05) is 23.8 Å². The summed E-state index contributed by atoms with van der Waals surface area (Å²) < 4.78 is 11.0. The van der Waals surface area contributed by atoms with Gasteiger partial charge in [0.05, 0.1) is 19.8 Å². The van der Waals surface area contributed by atoms with E-state index in [1.807, 2.05) is 115 Å². The van der Waals surface area contributed by atoms with E-state index in [2.05, 4.69) is 21.3 Å². The summed E-state index contributed by atoms with van der Waals surface area (Å²) in [4.78, 5) is 39.1. The quantitative estimate of drug-likeness (QED) is 0.189. The summed E-state index contributed by atoms with van der Waals surface area (Å²) in [5.74, 6) is -0.965. The Balaban J connectivity index is 1.25. The van der Waals surface area contributed by atoms with Gasteiger partial charge in [-0.3, -0.25) is 9.59 Å². The zero-order valence-corrected chi connectivity index (χ0v) is 25.1. The van der Waals surface area contributed by atoms with Crippen molar-refractivity contribution < 1.29 is 23.9 Å². The van der Waals surface area contributed by atoms with Crippen molar-refractivity contribution in [1.82, 2.24) is 10.6 Å². The summed E-state index contributed by atoms with van der Waals surface area (Å²) in [6.07, 6.45) is 0.536. The molecule has 232 valence electrons. The van der Waals surface area contributed by atoms with Gasteiger partial charge in [-0.2, -0.15) is 0 Å². The number of methoxy groups -OCH3 is 1. The average Bonchev–Trinajstić information content (AvgIpc) is 3.09. The van der Waals surface area contributed by atoms with Crippen molar-refractivity contribution in [2.24, 2.45) is 0 Å². The number of carbonyl (C=O) groups excluding carboxylic acids is 3. The predicted molar refractivity (Wildman–Crippen MR) is 174 cm³/mol. The van der Waals surface area contributed by atoms with Gasteiger partial charge in [-0.05, 0) is 47.7 Å². The summed E-state index contributed by atoms with van der Waals surface area (Å²) in [6, 6.07) is 34.8. The highest BCUT2D eigenvalue weighted by Gasteiger charge is 2.33. The SMILES string of the molecule is COC(=O)NC(C(=O)Nc1ccccc1CC[C@@H]1CN[C@H](C(=O)Nc2ccccc2)CO1)C(c1ccccc1)c1ccccc1. The van der Waals surface area contributed by atoms with E-state index >= 15 is 0 Å².